The lowest BCUT2D eigenvalue weighted by Crippen LogP contribution is -2.35. The predicted molar refractivity (Wildman–Crippen MR) is 149 cm³/mol. The van der Waals surface area contributed by atoms with Gasteiger partial charge in [-0.1, -0.05) is 13.8 Å². The molecular weight excluding hydrogens is 551 g/mol. The maximum atomic E-state index is 14.0. The van der Waals surface area contributed by atoms with Gasteiger partial charge in [0, 0.05) is 42.3 Å². The van der Waals surface area contributed by atoms with Crippen LogP contribution in [0, 0.1) is 30.1 Å². The molecular formula is C30H32F3N5O2S. The average molecular weight is 584 g/mol. The van der Waals surface area contributed by atoms with Crippen molar-refractivity contribution in [3.63, 3.8) is 0 Å². The molecule has 3 aromatic rings. The summed E-state index contributed by atoms with van der Waals surface area (Å²) in [6.07, 6.45) is -1.90. The highest BCUT2D eigenvalue weighted by Gasteiger charge is 2.72. The van der Waals surface area contributed by atoms with E-state index < -0.39 is 11.9 Å². The van der Waals surface area contributed by atoms with Crippen molar-refractivity contribution in [2.24, 2.45) is 23.2 Å². The molecule has 0 N–H and O–H groups in total. The Labute approximate surface area is 240 Å². The number of alkyl halides is 3. The van der Waals surface area contributed by atoms with E-state index in [1.165, 1.54) is 16.2 Å². The number of rotatable bonds is 5. The van der Waals surface area contributed by atoms with E-state index in [-0.39, 0.29) is 35.6 Å². The largest absolute Gasteiger partial charge is 0.433 e. The highest BCUT2D eigenvalue weighted by molar-refractivity contribution is 7.19. The van der Waals surface area contributed by atoms with Gasteiger partial charge in [0.25, 0.3) is 0 Å². The van der Waals surface area contributed by atoms with Crippen LogP contribution in [0.5, 0.6) is 0 Å². The van der Waals surface area contributed by atoms with Crippen LogP contribution in [0.1, 0.15) is 42.0 Å². The maximum Gasteiger partial charge on any atom is 0.433 e. The number of piperidine rings is 1. The highest BCUT2D eigenvalue weighted by atomic mass is 32.1. The third-order valence-corrected chi connectivity index (χ3v) is 10.9. The van der Waals surface area contributed by atoms with Gasteiger partial charge in [-0.3, -0.25) is 24.4 Å². The monoisotopic (exact) mass is 583 g/mol. The number of fused-ring (bicyclic) bond motifs is 3. The molecule has 216 valence electrons. The van der Waals surface area contributed by atoms with E-state index in [0.717, 1.165) is 42.6 Å². The standard InChI is InChI=1S/C30H32F3N5O2S/c1-15-9-22(30(31,32)33)35-25(19(15)13-37-8-6-16-11-36(4)14-21(16)37)18-5-7-34-20-10-17(41-26(18)20)12-38-27(39)23-24(28(38)40)29(23,2)3/h5,7,9-10,16,21,23-24H,6,8,11-14H2,1-4H3/t16?,21-,23?,24?/m0/s1. The van der Waals surface area contributed by atoms with Gasteiger partial charge in [0.2, 0.25) is 11.8 Å². The van der Waals surface area contributed by atoms with Crippen molar-refractivity contribution >= 4 is 33.4 Å². The molecule has 0 spiro atoms. The van der Waals surface area contributed by atoms with Crippen LogP contribution in [0.25, 0.3) is 21.5 Å². The fourth-order valence-corrected chi connectivity index (χ4v) is 8.61. The van der Waals surface area contributed by atoms with Crippen molar-refractivity contribution in [1.29, 1.82) is 0 Å². The summed E-state index contributed by atoms with van der Waals surface area (Å²) in [4.78, 5) is 41.4. The number of aryl methyl sites for hydroxylation is 1. The van der Waals surface area contributed by atoms with Crippen LogP contribution in [0.2, 0.25) is 0 Å². The second kappa shape index (κ2) is 9.05. The molecule has 7 nitrogen and oxygen atoms in total. The molecule has 3 aromatic heterocycles. The summed E-state index contributed by atoms with van der Waals surface area (Å²) < 4.78 is 42.6. The molecule has 4 aliphatic rings. The summed E-state index contributed by atoms with van der Waals surface area (Å²) in [5.74, 6) is -0.235. The van der Waals surface area contributed by atoms with E-state index in [1.807, 2.05) is 19.9 Å². The summed E-state index contributed by atoms with van der Waals surface area (Å²) in [5, 5.41) is 0. The number of hydrogen-bond donors (Lipinski definition) is 0. The van der Waals surface area contributed by atoms with Crippen LogP contribution in [0.4, 0.5) is 13.2 Å². The molecule has 2 amide bonds. The minimum absolute atomic E-state index is 0.144. The minimum Gasteiger partial charge on any atom is -0.304 e. The Morgan fingerprint density at radius 3 is 2.54 bits per heavy atom. The Hall–Kier alpha value is -2.89. The predicted octanol–water partition coefficient (Wildman–Crippen LogP) is 4.96. The first-order valence-electron chi connectivity index (χ1n) is 14.1. The normalized spacial score (nSPS) is 27.7. The van der Waals surface area contributed by atoms with Crippen molar-refractivity contribution in [3.05, 3.63) is 46.1 Å². The molecule has 3 unspecified atom stereocenters. The van der Waals surface area contributed by atoms with Crippen LogP contribution in [0.3, 0.4) is 0 Å². The summed E-state index contributed by atoms with van der Waals surface area (Å²) in [5.41, 5.74) is 1.70. The zero-order valence-corrected chi connectivity index (χ0v) is 24.3. The fraction of sp³-hybridized carbons (Fsp3) is 0.533. The van der Waals surface area contributed by atoms with Crippen molar-refractivity contribution in [2.75, 3.05) is 26.7 Å². The first kappa shape index (κ1) is 27.0. The number of nitrogens with zero attached hydrogens (tertiary/aromatic N) is 5. The fourth-order valence-electron chi connectivity index (χ4n) is 7.49. The molecule has 4 atom stereocenters. The summed E-state index contributed by atoms with van der Waals surface area (Å²) in [6.45, 7) is 9.20. The van der Waals surface area contributed by atoms with E-state index in [1.54, 1.807) is 19.2 Å². The molecule has 0 radical (unpaired) electrons. The van der Waals surface area contributed by atoms with Crippen molar-refractivity contribution < 1.29 is 22.8 Å². The van der Waals surface area contributed by atoms with Crippen LogP contribution in [-0.2, 0) is 28.9 Å². The van der Waals surface area contributed by atoms with E-state index >= 15 is 0 Å². The number of likely N-dealkylation sites (tertiary alicyclic amines) is 3. The van der Waals surface area contributed by atoms with Gasteiger partial charge in [0.15, 0.2) is 0 Å². The Bertz CT molecular complexity index is 1580. The number of carbonyl (C=O) groups excluding carboxylic acids is 2. The number of thiophene rings is 1. The van der Waals surface area contributed by atoms with Crippen molar-refractivity contribution in [2.45, 2.75) is 52.5 Å². The lowest BCUT2D eigenvalue weighted by molar-refractivity contribution is -0.144. The minimum atomic E-state index is -4.58. The average Bonchev–Trinajstić information content (AvgIpc) is 3.37. The zero-order valence-electron chi connectivity index (χ0n) is 23.5. The maximum absolute atomic E-state index is 14.0. The molecule has 6 heterocycles. The number of hydrogen-bond acceptors (Lipinski definition) is 7. The second-order valence-corrected chi connectivity index (χ2v) is 13.9. The molecule has 1 saturated carbocycles. The van der Waals surface area contributed by atoms with Crippen LogP contribution < -0.4 is 0 Å². The van der Waals surface area contributed by atoms with E-state index in [0.29, 0.717) is 45.5 Å². The number of imide groups is 1. The molecule has 41 heavy (non-hydrogen) atoms. The van der Waals surface area contributed by atoms with Crippen molar-refractivity contribution in [1.82, 2.24) is 24.7 Å². The van der Waals surface area contributed by atoms with Gasteiger partial charge in [-0.2, -0.15) is 13.2 Å². The number of carbonyl (C=O) groups is 2. The summed E-state index contributed by atoms with van der Waals surface area (Å²) in [6, 6.07) is 5.10. The molecule has 0 bridgehead atoms. The molecule has 1 aliphatic carbocycles. The van der Waals surface area contributed by atoms with Crippen molar-refractivity contribution in [3.8, 4) is 11.3 Å². The number of aromatic nitrogens is 2. The van der Waals surface area contributed by atoms with Crippen LogP contribution >= 0.6 is 11.3 Å². The Morgan fingerprint density at radius 2 is 1.83 bits per heavy atom. The smallest absolute Gasteiger partial charge is 0.304 e. The van der Waals surface area contributed by atoms with Gasteiger partial charge in [0.05, 0.1) is 34.3 Å². The molecule has 3 saturated heterocycles. The Morgan fingerprint density at radius 1 is 1.10 bits per heavy atom. The number of amides is 2. The SMILES string of the molecule is Cc1cc(C(F)(F)F)nc(-c2ccnc3cc(CN4C(=O)C5C(C4=O)C5(C)C)sc23)c1CN1CCC2CN(C)C[C@@H]21. The van der Waals surface area contributed by atoms with Gasteiger partial charge < -0.3 is 4.90 Å². The Balaban J connectivity index is 1.27. The first-order chi connectivity index (χ1) is 19.3. The van der Waals surface area contributed by atoms with Crippen LogP contribution in [0.15, 0.2) is 24.4 Å². The lowest BCUT2D eigenvalue weighted by Gasteiger charge is -2.26. The topological polar surface area (TPSA) is 69.6 Å². The van der Waals surface area contributed by atoms with Crippen LogP contribution in [-0.4, -0.2) is 69.2 Å². The number of pyridine rings is 2. The number of halogens is 3. The third-order valence-electron chi connectivity index (χ3n) is 9.77. The quantitative estimate of drug-likeness (QED) is 0.396. The molecule has 7 rings (SSSR count). The van der Waals surface area contributed by atoms with E-state index in [4.69, 9.17) is 0 Å². The summed E-state index contributed by atoms with van der Waals surface area (Å²) in [7, 11) is 2.11. The van der Waals surface area contributed by atoms with E-state index in [2.05, 4.69) is 26.8 Å². The lowest BCUT2D eigenvalue weighted by atomic mass is 9.99. The molecule has 11 heteroatoms. The number of likely N-dealkylation sites (N-methyl/N-ethyl adjacent to an activating group) is 1. The van der Waals surface area contributed by atoms with Gasteiger partial charge >= 0.3 is 6.18 Å². The first-order valence-corrected chi connectivity index (χ1v) is 14.9. The molecule has 3 aliphatic heterocycles. The van der Waals surface area contributed by atoms with Gasteiger partial charge in [-0.25, -0.2) is 4.98 Å². The van der Waals surface area contributed by atoms with E-state index in [9.17, 15) is 22.8 Å². The highest BCUT2D eigenvalue weighted by Crippen LogP contribution is 2.63. The van der Waals surface area contributed by atoms with Gasteiger partial charge in [-0.05, 0) is 67.6 Å². The molecule has 0 aromatic carbocycles. The Kier molecular flexibility index (Phi) is 5.96. The van der Waals surface area contributed by atoms with Gasteiger partial charge in [0.1, 0.15) is 5.69 Å². The second-order valence-electron chi connectivity index (χ2n) is 12.8. The zero-order chi connectivity index (χ0) is 29.0. The molecule has 4 fully saturated rings. The summed E-state index contributed by atoms with van der Waals surface area (Å²) >= 11 is 1.36. The van der Waals surface area contributed by atoms with Gasteiger partial charge in [-0.15, -0.1) is 11.3 Å². The third kappa shape index (κ3) is 4.22.